The van der Waals surface area contributed by atoms with E-state index >= 15 is 0 Å². The molecule has 9 rings (SSSR count). The lowest BCUT2D eigenvalue weighted by Crippen LogP contribution is -2.17. The van der Waals surface area contributed by atoms with E-state index in [1.807, 2.05) is 0 Å². The summed E-state index contributed by atoms with van der Waals surface area (Å²) < 4.78 is 195. The fraction of sp³-hybridized carbons (Fsp3) is 0.182. The number of benzene rings is 6. The normalized spacial score (nSPS) is 11.2. The van der Waals surface area contributed by atoms with Crippen molar-refractivity contribution in [3.05, 3.63) is 170 Å². The van der Waals surface area contributed by atoms with Crippen molar-refractivity contribution in [2.24, 2.45) is 0 Å². The molecule has 0 unspecified atom stereocenters. The Labute approximate surface area is 548 Å². The van der Waals surface area contributed by atoms with Gasteiger partial charge >= 0.3 is 43.4 Å². The van der Waals surface area contributed by atoms with Gasteiger partial charge in [-0.15, -0.1) is 62.9 Å². The largest absolute Gasteiger partial charge is 0.573 e. The van der Waals surface area contributed by atoms with Gasteiger partial charge in [0.15, 0.2) is 0 Å². The van der Waals surface area contributed by atoms with E-state index in [9.17, 15) is 72.2 Å². The quantitative estimate of drug-likeness (QED) is 0.0407. The van der Waals surface area contributed by atoms with Crippen LogP contribution in [0.2, 0.25) is 20.1 Å². The minimum Gasteiger partial charge on any atom is -0.508 e. The van der Waals surface area contributed by atoms with Gasteiger partial charge < -0.3 is 62.7 Å². The van der Waals surface area contributed by atoms with E-state index < -0.39 is 83.6 Å². The number of carboxylic acids is 2. The second-order valence-corrected chi connectivity index (χ2v) is 19.6. The fourth-order valence-corrected chi connectivity index (χ4v) is 8.02. The van der Waals surface area contributed by atoms with E-state index in [2.05, 4.69) is 55.0 Å². The van der Waals surface area contributed by atoms with Crippen molar-refractivity contribution in [2.75, 3.05) is 20.8 Å². The number of methoxy groups -OCH3 is 2. The molecule has 96 heavy (non-hydrogen) atoms. The molecule has 6 aromatic carbocycles. The third-order valence-electron chi connectivity index (χ3n) is 10.7. The minimum absolute atomic E-state index is 0.0285. The minimum atomic E-state index is -4.94. The third-order valence-corrected chi connectivity index (χ3v) is 11.6. The third kappa shape index (κ3) is 24.4. The highest BCUT2D eigenvalue weighted by Crippen LogP contribution is 2.38. The molecule has 4 N–H and O–H groups in total. The molecule has 0 saturated heterocycles. The van der Waals surface area contributed by atoms with Crippen molar-refractivity contribution >= 4 is 64.3 Å². The number of aromatic amines is 1. The highest BCUT2D eigenvalue weighted by Gasteiger charge is 2.35. The molecular weight excluding hydrogens is 1410 g/mol. The summed E-state index contributed by atoms with van der Waals surface area (Å²) in [6.45, 7) is 1.90. The van der Waals surface area contributed by atoms with Crippen LogP contribution in [-0.2, 0) is 17.8 Å². The molecule has 9 aromatic rings. The maximum Gasteiger partial charge on any atom is 0.573 e. The number of rotatable bonds is 20. The van der Waals surface area contributed by atoms with E-state index in [0.717, 1.165) is 76.5 Å². The first kappa shape index (κ1) is 74.5. The van der Waals surface area contributed by atoms with E-state index in [1.165, 1.54) is 31.0 Å². The Hall–Kier alpha value is -10.5. The van der Waals surface area contributed by atoms with Crippen LogP contribution in [0, 0.1) is 0 Å². The number of nitrogens with one attached hydrogen (secondary N) is 1. The molecule has 41 heteroatoms. The van der Waals surface area contributed by atoms with Crippen LogP contribution in [0.1, 0.15) is 49.5 Å². The van der Waals surface area contributed by atoms with Crippen molar-refractivity contribution in [3.63, 3.8) is 0 Å². The van der Waals surface area contributed by atoms with Crippen LogP contribution >= 0.6 is 46.4 Å². The van der Waals surface area contributed by atoms with Crippen LogP contribution in [0.4, 0.5) is 52.7 Å². The standard InChI is InChI=1S/C20H17ClF3N3O5.C18H13ClF3N3O5.C10H5ClF3N3O4.C7H4ClF3O2/c1-3-30-19(28)17-18(27(26-25-17)11-12-4-6-14(29-2)7-5-12)31-15-8-13(21)9-16(10-15)32-20(22,23)24;1-28-12-4-2-10(3-5-12)9-25-16(15(17(26)27)23-24-25)29-13-6-11(19)7-14(8-13)30-18(20,21)22;11-4-1-5(3-6(2-4)21-10(12,13)14)20-8-7(9(18)19)15-17-16-8;8-4-1-5(12)3-6(2-4)13-7(9,10)11/h4-10H,3,11H2,1-2H3;2-8H,9H2,1H3,(H,26,27);1-3H,(H,18,19)(H,15,16,17);1-3,12H. The number of aromatic carboxylic acids is 2. The number of carbonyl (C=O) groups is 3. The molecule has 3 heterocycles. The highest BCUT2D eigenvalue weighted by atomic mass is 35.5. The first-order valence-electron chi connectivity index (χ1n) is 25.6. The average Bonchev–Trinajstić information content (AvgIpc) is 1.64. The lowest BCUT2D eigenvalue weighted by atomic mass is 10.2. The van der Waals surface area contributed by atoms with Gasteiger partial charge in [0.1, 0.15) is 57.5 Å². The second-order valence-electron chi connectivity index (χ2n) is 17.8. The topological polar surface area (TPSA) is 307 Å². The Balaban J connectivity index is 0.000000212. The summed E-state index contributed by atoms with van der Waals surface area (Å²) in [5, 5.41) is 50.4. The second kappa shape index (κ2) is 32.5. The predicted molar refractivity (Wildman–Crippen MR) is 305 cm³/mol. The number of aromatic nitrogens is 9. The number of hydrogen-bond donors (Lipinski definition) is 4. The van der Waals surface area contributed by atoms with Crippen LogP contribution in [0.3, 0.4) is 0 Å². The molecule has 0 spiro atoms. The Kier molecular flexibility index (Phi) is 25.3. The Morgan fingerprint density at radius 2 is 0.823 bits per heavy atom. The Morgan fingerprint density at radius 1 is 0.469 bits per heavy atom. The Bertz CT molecular complexity index is 4100. The van der Waals surface area contributed by atoms with Crippen molar-refractivity contribution in [3.8, 4) is 75.1 Å². The first-order valence-corrected chi connectivity index (χ1v) is 27.1. The number of phenolic OH excluding ortho intramolecular Hbond substituents is 1. The molecule has 0 radical (unpaired) electrons. The number of aromatic hydroxyl groups is 1. The van der Waals surface area contributed by atoms with Crippen molar-refractivity contribution < 1.29 is 130 Å². The molecule has 0 aliphatic carbocycles. The molecule has 3 aromatic heterocycles. The highest BCUT2D eigenvalue weighted by molar-refractivity contribution is 6.31. The van der Waals surface area contributed by atoms with Gasteiger partial charge in [-0.25, -0.2) is 28.8 Å². The SMILES string of the molecule is CCOC(=O)c1nnn(Cc2ccc(OC)cc2)c1Oc1cc(Cl)cc(OC(F)(F)F)c1.COc1ccc(Cn2nnc(C(=O)O)c2Oc2cc(Cl)cc(OC(F)(F)F)c2)cc1.O=C(O)c1[nH]nnc1Oc1cc(Cl)cc(OC(F)(F)F)c1.Oc1cc(Cl)cc(OC(F)(F)F)c1. The molecule has 0 aliphatic rings. The Morgan fingerprint density at radius 3 is 1.18 bits per heavy atom. The number of carboxylic acid groups (broad SMARTS) is 2. The number of esters is 1. The number of alkyl halides is 12. The molecular formula is C55H39Cl4F12N9O16. The van der Waals surface area contributed by atoms with Gasteiger partial charge in [-0.3, -0.25) is 0 Å². The maximum atomic E-state index is 12.6. The van der Waals surface area contributed by atoms with Gasteiger partial charge in [-0.2, -0.15) is 0 Å². The first-order chi connectivity index (χ1) is 44.9. The molecule has 25 nitrogen and oxygen atoms in total. The van der Waals surface area contributed by atoms with Gasteiger partial charge in [0.25, 0.3) is 17.6 Å². The van der Waals surface area contributed by atoms with Gasteiger partial charge in [0.2, 0.25) is 17.1 Å². The van der Waals surface area contributed by atoms with E-state index in [-0.39, 0.29) is 80.2 Å². The van der Waals surface area contributed by atoms with Crippen molar-refractivity contribution in [1.29, 1.82) is 0 Å². The summed E-state index contributed by atoms with van der Waals surface area (Å²) in [6.07, 6.45) is -19.5. The average molecular weight is 1450 g/mol. The number of halogens is 16. The molecule has 512 valence electrons. The summed E-state index contributed by atoms with van der Waals surface area (Å²) in [4.78, 5) is 34.6. The molecule has 0 amide bonds. The number of hydrogen-bond acceptors (Lipinski definition) is 20. The summed E-state index contributed by atoms with van der Waals surface area (Å²) in [6, 6.07) is 25.9. The molecule has 0 fully saturated rings. The van der Waals surface area contributed by atoms with E-state index in [0.29, 0.717) is 11.5 Å². The smallest absolute Gasteiger partial charge is 0.508 e. The van der Waals surface area contributed by atoms with Crippen LogP contribution in [-0.4, -0.2) is 125 Å². The lowest BCUT2D eigenvalue weighted by Gasteiger charge is -2.13. The van der Waals surface area contributed by atoms with Gasteiger partial charge in [-0.1, -0.05) is 91.4 Å². The maximum absolute atomic E-state index is 12.6. The number of carbonyl (C=O) groups excluding carboxylic acids is 1. The van der Waals surface area contributed by atoms with Crippen LogP contribution in [0.15, 0.2) is 121 Å². The van der Waals surface area contributed by atoms with Gasteiger partial charge in [-0.05, 0) is 90.8 Å². The number of nitrogens with zero attached hydrogens (tertiary/aromatic N) is 8. The summed E-state index contributed by atoms with van der Waals surface area (Å²) in [5.41, 5.74) is 0.242. The molecule has 0 saturated carbocycles. The van der Waals surface area contributed by atoms with Crippen LogP contribution in [0.25, 0.3) is 0 Å². The fourth-order valence-electron chi connectivity index (χ4n) is 7.16. The van der Waals surface area contributed by atoms with Crippen molar-refractivity contribution in [1.82, 2.24) is 45.4 Å². The monoisotopic (exact) mass is 1450 g/mol. The molecule has 0 aliphatic heterocycles. The predicted octanol–water partition coefficient (Wildman–Crippen LogP) is 15.0. The van der Waals surface area contributed by atoms with Gasteiger partial charge in [0, 0.05) is 44.4 Å². The van der Waals surface area contributed by atoms with Crippen molar-refractivity contribution in [2.45, 2.75) is 45.5 Å². The lowest BCUT2D eigenvalue weighted by molar-refractivity contribution is -0.275. The van der Waals surface area contributed by atoms with Crippen LogP contribution in [0.5, 0.6) is 75.1 Å². The number of ether oxygens (including phenoxy) is 10. The number of H-pyrrole nitrogens is 1. The zero-order valence-corrected chi connectivity index (χ0v) is 51.0. The zero-order valence-electron chi connectivity index (χ0n) is 47.9. The molecule has 0 atom stereocenters. The summed E-state index contributed by atoms with van der Waals surface area (Å²) >= 11 is 22.7. The van der Waals surface area contributed by atoms with Crippen LogP contribution < -0.4 is 42.6 Å². The summed E-state index contributed by atoms with van der Waals surface area (Å²) in [7, 11) is 3.05. The summed E-state index contributed by atoms with van der Waals surface area (Å²) in [5.74, 6) is -6.51. The zero-order chi connectivity index (χ0) is 70.9. The molecule has 0 bridgehead atoms. The van der Waals surface area contributed by atoms with E-state index in [4.69, 9.17) is 85.0 Å². The number of phenols is 1. The van der Waals surface area contributed by atoms with E-state index in [1.54, 1.807) is 55.5 Å². The van der Waals surface area contributed by atoms with Gasteiger partial charge in [0.05, 0.1) is 33.9 Å².